The van der Waals surface area contributed by atoms with E-state index >= 15 is 0 Å². The lowest BCUT2D eigenvalue weighted by Gasteiger charge is -2.35. The van der Waals surface area contributed by atoms with Gasteiger partial charge in [0.25, 0.3) is 5.91 Å². The molecule has 2 saturated heterocycles. The lowest BCUT2D eigenvalue weighted by atomic mass is 9.85. The third kappa shape index (κ3) is 11.0. The summed E-state index contributed by atoms with van der Waals surface area (Å²) in [6, 6.07) is 27.3. The Balaban J connectivity index is 0.822. The zero-order valence-corrected chi connectivity index (χ0v) is 39.0. The Kier molecular flexibility index (Phi) is 14.8. The molecule has 0 radical (unpaired) electrons. The molecular weight excluding hydrogens is 874 g/mol. The number of thiocarbonyl (C=S) groups is 1. The van der Waals surface area contributed by atoms with E-state index < -0.39 is 34.8 Å². The van der Waals surface area contributed by atoms with E-state index in [2.05, 4.69) is 15.6 Å². The van der Waals surface area contributed by atoms with Crippen LogP contribution in [-0.4, -0.2) is 82.6 Å². The molecule has 4 amide bonds. The number of hydrogen-bond donors (Lipinski definition) is 2. The van der Waals surface area contributed by atoms with Crippen molar-refractivity contribution in [3.05, 3.63) is 121 Å². The molecule has 1 unspecified atom stereocenters. The molecule has 1 aromatic heterocycles. The number of nitriles is 1. The molecule has 0 spiro atoms. The number of amides is 4. The first-order valence-electron chi connectivity index (χ1n) is 22.2. The van der Waals surface area contributed by atoms with Crippen molar-refractivity contribution in [1.82, 2.24) is 20.5 Å². The first-order chi connectivity index (χ1) is 32.1. The van der Waals surface area contributed by atoms with Gasteiger partial charge in [-0.3, -0.25) is 24.1 Å². The number of rotatable bonds is 17. The van der Waals surface area contributed by atoms with Gasteiger partial charge < -0.3 is 34.3 Å². The largest absolute Gasteiger partial charge is 0.494 e. The van der Waals surface area contributed by atoms with Crippen LogP contribution in [0.25, 0.3) is 22.5 Å². The normalized spacial score (nSPS) is 16.2. The van der Waals surface area contributed by atoms with Crippen LogP contribution in [0, 0.1) is 22.6 Å². The molecule has 16 heteroatoms. The van der Waals surface area contributed by atoms with Gasteiger partial charge in [0.15, 0.2) is 17.3 Å². The van der Waals surface area contributed by atoms with E-state index in [1.807, 2.05) is 93.6 Å². The van der Waals surface area contributed by atoms with E-state index in [1.54, 1.807) is 35.9 Å². The van der Waals surface area contributed by atoms with Gasteiger partial charge in [-0.2, -0.15) is 5.26 Å². The second-order valence-electron chi connectivity index (χ2n) is 18.1. The standard InChI is InChI=1S/C51H54FN7O7S/c1-50(2,3)45(47(62)57-24-8-9-42(57)46(61)55-29-33-10-12-36(13-11-33)43-30-54-32-66-43)56-44(60)31-64-25-6-7-26-65-40-22-17-35(18-23-40)34-14-19-38(20-15-34)59-49(67)58(48(63)51(59,4)5)39-21-16-37(28-53)41(52)27-39/h10-23,27,30,32,42,45H,6-9,24-26,29,31H2,1-5H3,(H,55,61)(H,56,60)/t42-,45?/m0/s1. The minimum Gasteiger partial charge on any atom is -0.494 e. The van der Waals surface area contributed by atoms with Gasteiger partial charge in [0.2, 0.25) is 17.7 Å². The fourth-order valence-electron chi connectivity index (χ4n) is 8.17. The van der Waals surface area contributed by atoms with Gasteiger partial charge in [0, 0.05) is 30.9 Å². The molecule has 2 aliphatic rings. The number of ether oxygens (including phenoxy) is 2. The van der Waals surface area contributed by atoms with Crippen LogP contribution >= 0.6 is 12.2 Å². The van der Waals surface area contributed by atoms with Crippen molar-refractivity contribution in [2.24, 2.45) is 5.41 Å². The Hall–Kier alpha value is -6.96. The van der Waals surface area contributed by atoms with Crippen LogP contribution in [0.15, 0.2) is 108 Å². The van der Waals surface area contributed by atoms with E-state index in [0.29, 0.717) is 69.2 Å². The van der Waals surface area contributed by atoms with Crippen LogP contribution in [0.4, 0.5) is 15.8 Å². The predicted octanol–water partition coefficient (Wildman–Crippen LogP) is 7.95. The van der Waals surface area contributed by atoms with Crippen LogP contribution in [0.1, 0.15) is 71.4 Å². The molecule has 14 nitrogen and oxygen atoms in total. The van der Waals surface area contributed by atoms with Gasteiger partial charge >= 0.3 is 0 Å². The average Bonchev–Trinajstić information content (AvgIpc) is 4.07. The second-order valence-corrected chi connectivity index (χ2v) is 18.5. The summed E-state index contributed by atoms with van der Waals surface area (Å²) in [5.74, 6) is -0.614. The SMILES string of the molecule is CC(C)(C)C(NC(=O)COCCCCOc1ccc(-c2ccc(N3C(=S)N(c4ccc(C#N)c(F)c4)C(=O)C3(C)C)cc2)cc1)C(=O)N1CCC[C@H]1C(=O)NCc1ccc(-c2cnco2)cc1. The molecule has 2 N–H and O–H groups in total. The number of nitrogens with zero attached hydrogens (tertiary/aromatic N) is 5. The Bertz CT molecular complexity index is 2630. The summed E-state index contributed by atoms with van der Waals surface area (Å²) in [5.41, 5.74) is 2.86. The lowest BCUT2D eigenvalue weighted by Crippen LogP contribution is -2.58. The van der Waals surface area contributed by atoms with Crippen molar-refractivity contribution in [3.8, 4) is 34.3 Å². The zero-order chi connectivity index (χ0) is 47.9. The van der Waals surface area contributed by atoms with Crippen molar-refractivity contribution >= 4 is 52.3 Å². The molecule has 7 rings (SSSR count). The summed E-state index contributed by atoms with van der Waals surface area (Å²) < 4.78 is 31.5. The summed E-state index contributed by atoms with van der Waals surface area (Å²) in [6.07, 6.45) is 5.57. The molecule has 2 aliphatic heterocycles. The number of likely N-dealkylation sites (tertiary alicyclic amines) is 1. The van der Waals surface area contributed by atoms with Gasteiger partial charge in [-0.15, -0.1) is 0 Å². The number of unbranched alkanes of at least 4 members (excludes halogenated alkanes) is 1. The monoisotopic (exact) mass is 927 g/mol. The number of oxazole rings is 1. The van der Waals surface area contributed by atoms with Crippen LogP contribution < -0.4 is 25.2 Å². The van der Waals surface area contributed by atoms with Crippen molar-refractivity contribution in [3.63, 3.8) is 0 Å². The number of nitrogens with one attached hydrogen (secondary N) is 2. The second kappa shape index (κ2) is 20.7. The summed E-state index contributed by atoms with van der Waals surface area (Å²) in [5, 5.41) is 15.2. The van der Waals surface area contributed by atoms with Crippen LogP contribution in [0.3, 0.4) is 0 Å². The Morgan fingerprint density at radius 3 is 2.25 bits per heavy atom. The lowest BCUT2D eigenvalue weighted by molar-refractivity contribution is -0.144. The molecule has 0 aliphatic carbocycles. The molecule has 0 saturated carbocycles. The van der Waals surface area contributed by atoms with Crippen molar-refractivity contribution < 1.29 is 37.5 Å². The maximum Gasteiger partial charge on any atom is 0.259 e. The fraction of sp³-hybridized carbons (Fsp3) is 0.353. The smallest absolute Gasteiger partial charge is 0.259 e. The first kappa shape index (κ1) is 48.0. The molecule has 5 aromatic rings. The van der Waals surface area contributed by atoms with Crippen LogP contribution in [0.2, 0.25) is 0 Å². The van der Waals surface area contributed by atoms with Gasteiger partial charge in [-0.25, -0.2) is 9.37 Å². The minimum atomic E-state index is -1.04. The quantitative estimate of drug-likeness (QED) is 0.0686. The molecule has 4 aromatic carbocycles. The van der Waals surface area contributed by atoms with Crippen molar-refractivity contribution in [1.29, 1.82) is 5.26 Å². The summed E-state index contributed by atoms with van der Waals surface area (Å²) in [6.45, 7) is 10.5. The van der Waals surface area contributed by atoms with E-state index in [1.165, 1.54) is 23.4 Å². The van der Waals surface area contributed by atoms with Crippen LogP contribution in [-0.2, 0) is 30.5 Å². The van der Waals surface area contributed by atoms with Crippen molar-refractivity contribution in [2.45, 2.75) is 84.5 Å². The zero-order valence-electron chi connectivity index (χ0n) is 38.2. The molecule has 2 fully saturated rings. The number of carbonyl (C=O) groups excluding carboxylic acids is 4. The maximum atomic E-state index is 14.5. The summed E-state index contributed by atoms with van der Waals surface area (Å²) in [7, 11) is 0. The highest BCUT2D eigenvalue weighted by Crippen LogP contribution is 2.38. The van der Waals surface area contributed by atoms with E-state index in [4.69, 9.17) is 31.4 Å². The highest BCUT2D eigenvalue weighted by atomic mass is 32.1. The number of anilines is 2. The summed E-state index contributed by atoms with van der Waals surface area (Å²) in [4.78, 5) is 62.4. The number of aromatic nitrogens is 1. The number of benzene rings is 4. The van der Waals surface area contributed by atoms with E-state index in [0.717, 1.165) is 28.3 Å². The summed E-state index contributed by atoms with van der Waals surface area (Å²) >= 11 is 5.74. The third-order valence-electron chi connectivity index (χ3n) is 11.9. The molecule has 3 heterocycles. The Morgan fingerprint density at radius 1 is 0.955 bits per heavy atom. The maximum absolute atomic E-state index is 14.5. The average molecular weight is 928 g/mol. The molecule has 2 atom stereocenters. The number of halogens is 1. The third-order valence-corrected chi connectivity index (χ3v) is 12.3. The Labute approximate surface area is 395 Å². The van der Waals surface area contributed by atoms with Gasteiger partial charge in [-0.1, -0.05) is 69.3 Å². The highest BCUT2D eigenvalue weighted by molar-refractivity contribution is 7.81. The van der Waals surface area contributed by atoms with Crippen molar-refractivity contribution in [2.75, 3.05) is 36.2 Å². The number of hydrogen-bond acceptors (Lipinski definition) is 10. The molecule has 0 bridgehead atoms. The van der Waals surface area contributed by atoms with Gasteiger partial charge in [-0.05, 0) is 116 Å². The van der Waals surface area contributed by atoms with E-state index in [-0.39, 0.29) is 40.7 Å². The van der Waals surface area contributed by atoms with Gasteiger partial charge in [0.05, 0.1) is 24.1 Å². The molecule has 67 heavy (non-hydrogen) atoms. The highest BCUT2D eigenvalue weighted by Gasteiger charge is 2.50. The van der Waals surface area contributed by atoms with E-state index in [9.17, 15) is 23.6 Å². The molecular formula is C51H54FN7O7S. The first-order valence-corrected chi connectivity index (χ1v) is 22.6. The minimum absolute atomic E-state index is 0.115. The fourth-order valence-corrected chi connectivity index (χ4v) is 8.69. The van der Waals surface area contributed by atoms with Crippen LogP contribution in [0.5, 0.6) is 5.75 Å². The number of carbonyl (C=O) groups is 4. The Morgan fingerprint density at radius 2 is 1.61 bits per heavy atom. The predicted molar refractivity (Wildman–Crippen MR) is 255 cm³/mol. The van der Waals surface area contributed by atoms with Gasteiger partial charge in [0.1, 0.15) is 41.9 Å². The molecule has 348 valence electrons. The topological polar surface area (TPSA) is 170 Å².